The van der Waals surface area contributed by atoms with Crippen LogP contribution in [0.2, 0.25) is 5.02 Å². The zero-order valence-corrected chi connectivity index (χ0v) is 13.4. The maximum atomic E-state index is 12.1. The first-order valence-corrected chi connectivity index (χ1v) is 7.82. The molecule has 21 heavy (non-hydrogen) atoms. The van der Waals surface area contributed by atoms with Gasteiger partial charge in [-0.05, 0) is 32.0 Å². The lowest BCUT2D eigenvalue weighted by atomic mass is 10.2. The number of likely N-dealkylation sites (N-methyl/N-ethyl adjacent to an activating group) is 1. The second-order valence-electron chi connectivity index (χ2n) is 5.45. The molecule has 0 aromatic carbocycles. The zero-order chi connectivity index (χ0) is 15.2. The molecule has 1 aliphatic rings. The molecule has 1 heterocycles. The molecule has 1 aliphatic carbocycles. The lowest BCUT2D eigenvalue weighted by molar-refractivity contribution is 0.0942. The molecule has 2 N–H and O–H groups in total. The lowest BCUT2D eigenvalue weighted by Crippen LogP contribution is -2.37. The van der Waals surface area contributed by atoms with E-state index in [9.17, 15) is 4.79 Å². The van der Waals surface area contributed by atoms with Gasteiger partial charge >= 0.3 is 0 Å². The fraction of sp³-hybridized carbons (Fsp3) is 0.600. The van der Waals surface area contributed by atoms with Crippen molar-refractivity contribution in [3.63, 3.8) is 0 Å². The Hall–Kier alpha value is -1.33. The normalized spacial score (nSPS) is 15.4. The van der Waals surface area contributed by atoms with Crippen molar-refractivity contribution in [3.8, 4) is 0 Å². The van der Waals surface area contributed by atoms with Gasteiger partial charge < -0.3 is 15.5 Å². The minimum Gasteiger partial charge on any atom is -0.373 e. The van der Waals surface area contributed by atoms with Gasteiger partial charge in [0.05, 0.1) is 5.02 Å². The molecule has 0 atom stereocenters. The molecule has 1 aromatic rings. The number of rotatable bonds is 6. The van der Waals surface area contributed by atoms with Gasteiger partial charge in [-0.2, -0.15) is 0 Å². The van der Waals surface area contributed by atoms with Crippen LogP contribution in [0.4, 0.5) is 5.82 Å². The smallest absolute Gasteiger partial charge is 0.271 e. The van der Waals surface area contributed by atoms with Gasteiger partial charge in [-0.1, -0.05) is 24.4 Å². The van der Waals surface area contributed by atoms with Crippen LogP contribution in [0.3, 0.4) is 0 Å². The third-order valence-electron chi connectivity index (χ3n) is 4.02. The summed E-state index contributed by atoms with van der Waals surface area (Å²) in [6, 6.07) is 4.09. The molecular formula is C15H23ClN4O. The molecule has 6 heteroatoms. The van der Waals surface area contributed by atoms with Crippen molar-refractivity contribution in [1.82, 2.24) is 15.2 Å². The number of carbonyl (C=O) groups excluding carboxylic acids is 1. The van der Waals surface area contributed by atoms with Gasteiger partial charge in [-0.15, -0.1) is 0 Å². The average molecular weight is 311 g/mol. The number of carbonyl (C=O) groups is 1. The number of nitrogens with zero attached hydrogens (tertiary/aromatic N) is 2. The molecule has 0 unspecified atom stereocenters. The Labute approximate surface area is 131 Å². The predicted octanol–water partition coefficient (Wildman–Crippen LogP) is 2.38. The summed E-state index contributed by atoms with van der Waals surface area (Å²) >= 11 is 6.03. The van der Waals surface area contributed by atoms with E-state index in [0.717, 1.165) is 6.54 Å². The van der Waals surface area contributed by atoms with Crippen molar-refractivity contribution in [2.24, 2.45) is 0 Å². The van der Waals surface area contributed by atoms with Gasteiger partial charge in [0.15, 0.2) is 0 Å². The molecule has 2 rings (SSSR count). The summed E-state index contributed by atoms with van der Waals surface area (Å²) < 4.78 is 0. The van der Waals surface area contributed by atoms with E-state index in [1.807, 2.05) is 0 Å². The Morgan fingerprint density at radius 1 is 1.43 bits per heavy atom. The summed E-state index contributed by atoms with van der Waals surface area (Å²) in [4.78, 5) is 18.7. The highest BCUT2D eigenvalue weighted by Gasteiger charge is 2.19. The van der Waals surface area contributed by atoms with E-state index in [4.69, 9.17) is 11.6 Å². The highest BCUT2D eigenvalue weighted by Crippen LogP contribution is 2.22. The fourth-order valence-electron chi connectivity index (χ4n) is 2.70. The van der Waals surface area contributed by atoms with Gasteiger partial charge in [0, 0.05) is 26.2 Å². The van der Waals surface area contributed by atoms with Crippen molar-refractivity contribution >= 4 is 23.3 Å². The molecule has 1 aromatic heterocycles. The van der Waals surface area contributed by atoms with Crippen molar-refractivity contribution in [3.05, 3.63) is 22.8 Å². The third kappa shape index (κ3) is 4.32. The number of hydrogen-bond donors (Lipinski definition) is 2. The zero-order valence-electron chi connectivity index (χ0n) is 12.7. The number of pyridine rings is 1. The number of hydrogen-bond acceptors (Lipinski definition) is 4. The predicted molar refractivity (Wildman–Crippen MR) is 86.0 cm³/mol. The van der Waals surface area contributed by atoms with E-state index >= 15 is 0 Å². The molecule has 1 fully saturated rings. The van der Waals surface area contributed by atoms with Gasteiger partial charge in [0.25, 0.3) is 5.91 Å². The summed E-state index contributed by atoms with van der Waals surface area (Å²) in [5.41, 5.74) is 0.270. The van der Waals surface area contributed by atoms with Gasteiger partial charge in [-0.3, -0.25) is 4.79 Å². The van der Waals surface area contributed by atoms with E-state index in [1.54, 1.807) is 19.2 Å². The van der Waals surface area contributed by atoms with Crippen LogP contribution in [-0.4, -0.2) is 49.0 Å². The molecule has 5 nitrogen and oxygen atoms in total. The van der Waals surface area contributed by atoms with Gasteiger partial charge in [0.2, 0.25) is 0 Å². The summed E-state index contributed by atoms with van der Waals surface area (Å²) in [6.45, 7) is 1.45. The second-order valence-corrected chi connectivity index (χ2v) is 5.86. The Bertz CT molecular complexity index is 489. The number of amides is 1. The van der Waals surface area contributed by atoms with Crippen molar-refractivity contribution in [2.75, 3.05) is 32.5 Å². The summed E-state index contributed by atoms with van der Waals surface area (Å²) in [6.07, 6.45) is 5.17. The van der Waals surface area contributed by atoms with E-state index in [1.165, 1.54) is 25.7 Å². The number of anilines is 1. The summed E-state index contributed by atoms with van der Waals surface area (Å²) in [5, 5.41) is 6.16. The molecule has 1 saturated carbocycles. The number of nitrogens with one attached hydrogen (secondary N) is 2. The quantitative estimate of drug-likeness (QED) is 0.847. The monoisotopic (exact) mass is 310 g/mol. The number of aromatic nitrogens is 1. The van der Waals surface area contributed by atoms with Crippen LogP contribution in [0.1, 0.15) is 36.2 Å². The summed E-state index contributed by atoms with van der Waals surface area (Å²) in [7, 11) is 3.88. The van der Waals surface area contributed by atoms with Gasteiger partial charge in [0.1, 0.15) is 11.5 Å². The lowest BCUT2D eigenvalue weighted by Gasteiger charge is -2.23. The number of halogens is 1. The topological polar surface area (TPSA) is 57.3 Å². The first kappa shape index (κ1) is 16.0. The van der Waals surface area contributed by atoms with Crippen LogP contribution in [0, 0.1) is 0 Å². The van der Waals surface area contributed by atoms with Crippen molar-refractivity contribution in [2.45, 2.75) is 31.7 Å². The second kappa shape index (κ2) is 7.61. The maximum absolute atomic E-state index is 12.1. The van der Waals surface area contributed by atoms with E-state index < -0.39 is 0 Å². The molecule has 0 spiro atoms. The standard InChI is InChI=1S/C15H23ClN4O/c1-17-13-8-7-12(16)14(19-13)15(21)18-9-10-20(2)11-5-3-4-6-11/h7-8,11H,3-6,9-10H2,1-2H3,(H,17,19)(H,18,21). The maximum Gasteiger partial charge on any atom is 0.271 e. The third-order valence-corrected chi connectivity index (χ3v) is 4.32. The van der Waals surface area contributed by atoms with Crippen LogP contribution >= 0.6 is 11.6 Å². The van der Waals surface area contributed by atoms with E-state index in [2.05, 4.69) is 27.6 Å². The highest BCUT2D eigenvalue weighted by molar-refractivity contribution is 6.33. The highest BCUT2D eigenvalue weighted by atomic mass is 35.5. The Balaban J connectivity index is 1.84. The van der Waals surface area contributed by atoms with Crippen molar-refractivity contribution in [1.29, 1.82) is 0 Å². The minimum absolute atomic E-state index is 0.225. The van der Waals surface area contributed by atoms with E-state index in [0.29, 0.717) is 23.4 Å². The first-order chi connectivity index (χ1) is 10.1. The minimum atomic E-state index is -0.225. The molecule has 0 bridgehead atoms. The molecule has 0 aliphatic heterocycles. The average Bonchev–Trinajstić information content (AvgIpc) is 3.01. The van der Waals surface area contributed by atoms with Crippen LogP contribution in [0.25, 0.3) is 0 Å². The first-order valence-electron chi connectivity index (χ1n) is 7.44. The molecule has 0 radical (unpaired) electrons. The molecular weight excluding hydrogens is 288 g/mol. The van der Waals surface area contributed by atoms with Crippen LogP contribution in [0.15, 0.2) is 12.1 Å². The van der Waals surface area contributed by atoms with Crippen LogP contribution < -0.4 is 10.6 Å². The fourth-order valence-corrected chi connectivity index (χ4v) is 2.89. The van der Waals surface area contributed by atoms with Crippen LogP contribution in [0.5, 0.6) is 0 Å². The Kier molecular flexibility index (Phi) is 5.82. The Morgan fingerprint density at radius 3 is 2.81 bits per heavy atom. The molecule has 0 saturated heterocycles. The molecule has 1 amide bonds. The summed E-state index contributed by atoms with van der Waals surface area (Å²) in [5.74, 6) is 0.407. The van der Waals surface area contributed by atoms with Gasteiger partial charge in [-0.25, -0.2) is 4.98 Å². The van der Waals surface area contributed by atoms with Crippen molar-refractivity contribution < 1.29 is 4.79 Å². The SMILES string of the molecule is CNc1ccc(Cl)c(C(=O)NCCN(C)C2CCCC2)n1. The largest absolute Gasteiger partial charge is 0.373 e. The van der Waals surface area contributed by atoms with Crippen LogP contribution in [-0.2, 0) is 0 Å². The molecule has 116 valence electrons. The van der Waals surface area contributed by atoms with E-state index in [-0.39, 0.29) is 11.6 Å². The Morgan fingerprint density at radius 2 is 2.14 bits per heavy atom.